The molecule has 0 radical (unpaired) electrons. The Morgan fingerprint density at radius 1 is 1.11 bits per heavy atom. The van der Waals surface area contributed by atoms with Gasteiger partial charge in [0.2, 0.25) is 5.95 Å². The van der Waals surface area contributed by atoms with E-state index in [-0.39, 0.29) is 23.8 Å². The average Bonchev–Trinajstić information content (AvgIpc) is 2.88. The Morgan fingerprint density at radius 2 is 1.89 bits per heavy atom. The summed E-state index contributed by atoms with van der Waals surface area (Å²) in [5.74, 6) is 1.23. The molecule has 10 nitrogen and oxygen atoms in total. The average molecular weight is 517 g/mol. The number of Topliss-reactive ketones (excluding diaryl/α,β-unsaturated/α-hetero) is 1. The van der Waals surface area contributed by atoms with E-state index in [1.54, 1.807) is 18.3 Å². The largest absolute Gasteiger partial charge is 0.396 e. The van der Waals surface area contributed by atoms with E-state index in [0.29, 0.717) is 57.4 Å². The van der Waals surface area contributed by atoms with Crippen LogP contribution < -0.4 is 21.7 Å². The van der Waals surface area contributed by atoms with Gasteiger partial charge < -0.3 is 26.4 Å². The van der Waals surface area contributed by atoms with Gasteiger partial charge in [-0.15, -0.1) is 0 Å². The number of aromatic nitrogens is 4. The van der Waals surface area contributed by atoms with Crippen LogP contribution in [-0.2, 0) is 9.53 Å². The highest BCUT2D eigenvalue weighted by atomic mass is 35.5. The van der Waals surface area contributed by atoms with Gasteiger partial charge in [-0.05, 0) is 37.8 Å². The number of morpholine rings is 1. The number of halogens is 2. The Kier molecular flexibility index (Phi) is 7.14. The predicted octanol–water partition coefficient (Wildman–Crippen LogP) is 3.58. The van der Waals surface area contributed by atoms with Crippen LogP contribution in [0.4, 0.5) is 23.1 Å². The SMILES string of the molecule is Nc1c(Cl)cc(Nc2ncnc3cnc(NC4CCC(C(=O)C5CNCCO5)CC4)nc23)cc1Cl. The highest BCUT2D eigenvalue weighted by molar-refractivity contribution is 6.39. The van der Waals surface area contributed by atoms with Gasteiger partial charge >= 0.3 is 0 Å². The van der Waals surface area contributed by atoms with Crippen LogP contribution in [-0.4, -0.2) is 57.6 Å². The second-order valence-corrected chi connectivity index (χ2v) is 9.60. The zero-order chi connectivity index (χ0) is 24.4. The number of hydrogen-bond donors (Lipinski definition) is 4. The lowest BCUT2D eigenvalue weighted by Gasteiger charge is -2.31. The van der Waals surface area contributed by atoms with Crippen LogP contribution in [0.3, 0.4) is 0 Å². The Balaban J connectivity index is 1.26. The fourth-order valence-electron chi connectivity index (χ4n) is 4.52. The van der Waals surface area contributed by atoms with Gasteiger partial charge in [-0.3, -0.25) is 4.79 Å². The fraction of sp³-hybridized carbons (Fsp3) is 0.435. The number of nitrogens with two attached hydrogens (primary N) is 1. The molecule has 1 saturated heterocycles. The molecule has 12 heteroatoms. The van der Waals surface area contributed by atoms with Crippen molar-refractivity contribution in [1.29, 1.82) is 0 Å². The Bertz CT molecular complexity index is 1210. The van der Waals surface area contributed by atoms with Crippen LogP contribution in [0.25, 0.3) is 11.0 Å². The van der Waals surface area contributed by atoms with Gasteiger partial charge in [0.25, 0.3) is 0 Å². The summed E-state index contributed by atoms with van der Waals surface area (Å²) in [6.07, 6.45) is 6.12. The number of carbonyl (C=O) groups excluding carboxylic acids is 1. The van der Waals surface area contributed by atoms with E-state index in [4.69, 9.17) is 33.7 Å². The normalized spacial score (nSPS) is 22.6. The van der Waals surface area contributed by atoms with Crippen LogP contribution in [0.15, 0.2) is 24.7 Å². The van der Waals surface area contributed by atoms with Crippen molar-refractivity contribution in [1.82, 2.24) is 25.3 Å². The molecule has 2 aliphatic rings. The first-order valence-corrected chi connectivity index (χ1v) is 12.4. The number of ketones is 1. The van der Waals surface area contributed by atoms with Crippen LogP contribution in [0.5, 0.6) is 0 Å². The van der Waals surface area contributed by atoms with Crippen LogP contribution in [0, 0.1) is 5.92 Å². The minimum Gasteiger partial charge on any atom is -0.396 e. The zero-order valence-electron chi connectivity index (χ0n) is 18.9. The van der Waals surface area contributed by atoms with Crippen molar-refractivity contribution in [3.05, 3.63) is 34.7 Å². The molecular weight excluding hydrogens is 491 g/mol. The molecule has 0 spiro atoms. The lowest BCUT2D eigenvalue weighted by atomic mass is 9.82. The van der Waals surface area contributed by atoms with Crippen molar-refractivity contribution in [2.24, 2.45) is 5.92 Å². The van der Waals surface area contributed by atoms with E-state index in [2.05, 4.69) is 35.9 Å². The topological polar surface area (TPSA) is 140 Å². The molecule has 5 N–H and O–H groups in total. The van der Waals surface area contributed by atoms with Gasteiger partial charge in [-0.1, -0.05) is 23.2 Å². The fourth-order valence-corrected chi connectivity index (χ4v) is 5.01. The number of benzene rings is 1. The summed E-state index contributed by atoms with van der Waals surface area (Å²) >= 11 is 12.3. The summed E-state index contributed by atoms with van der Waals surface area (Å²) in [6, 6.07) is 3.52. The number of rotatable bonds is 6. The number of nitrogen functional groups attached to an aromatic ring is 1. The Morgan fingerprint density at radius 3 is 2.60 bits per heavy atom. The molecule has 184 valence electrons. The second kappa shape index (κ2) is 10.4. The van der Waals surface area contributed by atoms with Crippen LogP contribution in [0.2, 0.25) is 10.0 Å². The quantitative estimate of drug-likeness (QED) is 0.359. The highest BCUT2D eigenvalue weighted by Crippen LogP contribution is 2.33. The summed E-state index contributed by atoms with van der Waals surface area (Å²) in [6.45, 7) is 2.00. The maximum Gasteiger partial charge on any atom is 0.223 e. The molecule has 1 aromatic carbocycles. The monoisotopic (exact) mass is 516 g/mol. The summed E-state index contributed by atoms with van der Waals surface area (Å²) < 4.78 is 5.64. The summed E-state index contributed by atoms with van der Waals surface area (Å²) in [5, 5.41) is 10.5. The van der Waals surface area contributed by atoms with Crippen molar-refractivity contribution in [2.45, 2.75) is 37.8 Å². The standard InChI is InChI=1S/C23H26Cl2N8O2/c24-15-7-14(8-16(25)19(15)26)31-22-20-17(29-11-30-22)9-28-23(33-20)32-13-3-1-12(2-4-13)21(34)18-10-27-5-6-35-18/h7-9,11-13,18,27H,1-6,10,26H2,(H,28,32,33)(H,29,30,31). The lowest BCUT2D eigenvalue weighted by Crippen LogP contribution is -2.46. The highest BCUT2D eigenvalue weighted by Gasteiger charge is 2.32. The lowest BCUT2D eigenvalue weighted by molar-refractivity contribution is -0.137. The van der Waals surface area contributed by atoms with E-state index in [1.165, 1.54) is 6.33 Å². The summed E-state index contributed by atoms with van der Waals surface area (Å²) in [5.41, 5.74) is 7.93. The van der Waals surface area contributed by atoms with E-state index >= 15 is 0 Å². The minimum absolute atomic E-state index is 0.0400. The summed E-state index contributed by atoms with van der Waals surface area (Å²) in [4.78, 5) is 30.4. The van der Waals surface area contributed by atoms with Gasteiger partial charge in [0.15, 0.2) is 11.6 Å². The molecule has 0 bridgehead atoms. The number of anilines is 4. The van der Waals surface area contributed by atoms with Crippen molar-refractivity contribution >= 4 is 63.2 Å². The minimum atomic E-state index is -0.321. The molecule has 35 heavy (non-hydrogen) atoms. The molecule has 1 atom stereocenters. The van der Waals surface area contributed by atoms with E-state index in [9.17, 15) is 4.79 Å². The molecule has 2 fully saturated rings. The van der Waals surface area contributed by atoms with E-state index in [1.807, 2.05) is 0 Å². The first-order chi connectivity index (χ1) is 17.0. The summed E-state index contributed by atoms with van der Waals surface area (Å²) in [7, 11) is 0. The predicted molar refractivity (Wildman–Crippen MR) is 136 cm³/mol. The third-order valence-electron chi connectivity index (χ3n) is 6.43. The number of nitrogens with one attached hydrogen (secondary N) is 3. The van der Waals surface area contributed by atoms with Crippen LogP contribution in [0.1, 0.15) is 25.7 Å². The molecule has 5 rings (SSSR count). The maximum atomic E-state index is 12.8. The molecule has 1 aliphatic carbocycles. The smallest absolute Gasteiger partial charge is 0.223 e. The molecule has 1 unspecified atom stereocenters. The third kappa shape index (κ3) is 5.40. The molecule has 2 aromatic heterocycles. The van der Waals surface area contributed by atoms with Gasteiger partial charge in [-0.25, -0.2) is 19.9 Å². The first kappa shape index (κ1) is 23.9. The zero-order valence-corrected chi connectivity index (χ0v) is 20.4. The molecule has 3 heterocycles. The van der Waals surface area contributed by atoms with Crippen molar-refractivity contribution in [3.63, 3.8) is 0 Å². The number of fused-ring (bicyclic) bond motifs is 1. The first-order valence-electron chi connectivity index (χ1n) is 11.6. The number of ether oxygens (including phenoxy) is 1. The number of nitrogens with zero attached hydrogens (tertiary/aromatic N) is 4. The molecule has 3 aromatic rings. The van der Waals surface area contributed by atoms with Gasteiger partial charge in [0.1, 0.15) is 23.5 Å². The Labute approximate surface area is 212 Å². The third-order valence-corrected chi connectivity index (χ3v) is 7.05. The van der Waals surface area contributed by atoms with Crippen LogP contribution >= 0.6 is 23.2 Å². The number of carbonyl (C=O) groups is 1. The second-order valence-electron chi connectivity index (χ2n) is 8.79. The van der Waals surface area contributed by atoms with E-state index < -0.39 is 0 Å². The molecule has 1 aliphatic heterocycles. The maximum absolute atomic E-state index is 12.8. The van der Waals surface area contributed by atoms with Gasteiger partial charge in [0.05, 0.1) is 28.5 Å². The van der Waals surface area contributed by atoms with Gasteiger partial charge in [-0.2, -0.15) is 0 Å². The van der Waals surface area contributed by atoms with Crippen molar-refractivity contribution in [3.8, 4) is 0 Å². The van der Waals surface area contributed by atoms with Crippen molar-refractivity contribution in [2.75, 3.05) is 36.1 Å². The van der Waals surface area contributed by atoms with Crippen molar-refractivity contribution < 1.29 is 9.53 Å². The Hall–Kier alpha value is -2.79. The number of hydrogen-bond acceptors (Lipinski definition) is 10. The van der Waals surface area contributed by atoms with Gasteiger partial charge in [0, 0.05) is 30.7 Å². The molecular formula is C23H26Cl2N8O2. The molecule has 0 amide bonds. The van der Waals surface area contributed by atoms with E-state index in [0.717, 1.165) is 32.2 Å². The molecule has 1 saturated carbocycles.